The van der Waals surface area contributed by atoms with Gasteiger partial charge in [-0.3, -0.25) is 0 Å². The first-order valence-electron chi connectivity index (χ1n) is 8.87. The maximum absolute atomic E-state index is 5.67. The zero-order chi connectivity index (χ0) is 15.6. The average molecular weight is 300 g/mol. The van der Waals surface area contributed by atoms with E-state index >= 15 is 0 Å². The highest BCUT2D eigenvalue weighted by Gasteiger charge is 1.97. The van der Waals surface area contributed by atoms with Gasteiger partial charge in [0.05, 0.1) is 12.7 Å². The number of hydrogen-bond acceptors (Lipinski definition) is 3. The van der Waals surface area contributed by atoms with Crippen LogP contribution in [-0.2, 0) is 14.5 Å². The number of hydrogen-bond donors (Lipinski definition) is 0. The van der Waals surface area contributed by atoms with Gasteiger partial charge in [-0.1, -0.05) is 64.7 Å². The summed E-state index contributed by atoms with van der Waals surface area (Å²) in [5.41, 5.74) is 0. The second-order valence-electron chi connectivity index (χ2n) is 5.59. The molecule has 0 radical (unpaired) electrons. The number of ether oxygens (including phenoxy) is 1. The first-order chi connectivity index (χ1) is 10.3. The van der Waals surface area contributed by atoms with E-state index in [9.17, 15) is 0 Å². The zero-order valence-corrected chi connectivity index (χ0v) is 14.4. The molecule has 0 saturated heterocycles. The fraction of sp³-hybridized carbons (Fsp3) is 0.889. The Hall–Kier alpha value is -0.540. The van der Waals surface area contributed by atoms with E-state index in [4.69, 9.17) is 14.5 Å². The molecule has 0 rings (SSSR count). The van der Waals surface area contributed by atoms with Gasteiger partial charge in [0.2, 0.25) is 0 Å². The van der Waals surface area contributed by atoms with Gasteiger partial charge in [0.15, 0.2) is 0 Å². The molecule has 3 heteroatoms. The molecule has 0 spiro atoms. The van der Waals surface area contributed by atoms with Crippen molar-refractivity contribution in [2.75, 3.05) is 13.2 Å². The maximum atomic E-state index is 5.67. The van der Waals surface area contributed by atoms with Crippen LogP contribution in [0.2, 0.25) is 0 Å². The van der Waals surface area contributed by atoms with Crippen molar-refractivity contribution in [1.82, 2.24) is 0 Å². The minimum absolute atomic E-state index is 0.0871. The van der Waals surface area contributed by atoms with E-state index in [-0.39, 0.29) is 6.10 Å². The van der Waals surface area contributed by atoms with Crippen LogP contribution in [0.5, 0.6) is 0 Å². The molecule has 0 aliphatic rings. The fourth-order valence-corrected chi connectivity index (χ4v) is 2.16. The van der Waals surface area contributed by atoms with Gasteiger partial charge in [0.1, 0.15) is 6.26 Å². The normalized spacial score (nSPS) is 12.9. The lowest BCUT2D eigenvalue weighted by molar-refractivity contribution is -0.245. The summed E-state index contributed by atoms with van der Waals surface area (Å²) < 4.78 is 5.67. The van der Waals surface area contributed by atoms with E-state index < -0.39 is 0 Å². The van der Waals surface area contributed by atoms with E-state index in [0.29, 0.717) is 6.61 Å². The van der Waals surface area contributed by atoms with Crippen molar-refractivity contribution in [2.24, 2.45) is 0 Å². The summed E-state index contributed by atoms with van der Waals surface area (Å²) in [7, 11) is 0. The van der Waals surface area contributed by atoms with Crippen molar-refractivity contribution in [3.63, 3.8) is 0 Å². The van der Waals surface area contributed by atoms with Crippen LogP contribution in [0.1, 0.15) is 85.0 Å². The first-order valence-corrected chi connectivity index (χ1v) is 8.87. The highest BCUT2D eigenvalue weighted by atomic mass is 17.2. The Morgan fingerprint density at radius 1 is 0.810 bits per heavy atom. The van der Waals surface area contributed by atoms with Crippen molar-refractivity contribution in [3.8, 4) is 0 Å². The second-order valence-corrected chi connectivity index (χ2v) is 5.59. The average Bonchev–Trinajstić information content (AvgIpc) is 2.49. The molecule has 0 aromatic rings. The molecule has 0 aliphatic carbocycles. The van der Waals surface area contributed by atoms with Gasteiger partial charge in [-0.15, -0.1) is 0 Å². The van der Waals surface area contributed by atoms with Crippen LogP contribution in [0.15, 0.2) is 12.3 Å². The summed E-state index contributed by atoms with van der Waals surface area (Å²) in [6, 6.07) is 0. The van der Waals surface area contributed by atoms with Crippen LogP contribution >= 0.6 is 0 Å². The van der Waals surface area contributed by atoms with Gasteiger partial charge < -0.3 is 9.62 Å². The SMILES string of the molecule is CCCCCCCCCCCCOC(C)C=COOCC. The Labute approximate surface area is 132 Å². The summed E-state index contributed by atoms with van der Waals surface area (Å²) in [5, 5.41) is 0. The fourth-order valence-electron chi connectivity index (χ4n) is 2.16. The molecule has 0 N–H and O–H groups in total. The van der Waals surface area contributed by atoms with Crippen LogP contribution in [0.4, 0.5) is 0 Å². The third-order valence-electron chi connectivity index (χ3n) is 3.47. The molecule has 1 atom stereocenters. The summed E-state index contributed by atoms with van der Waals surface area (Å²) >= 11 is 0. The summed E-state index contributed by atoms with van der Waals surface area (Å²) in [6.45, 7) is 7.56. The third-order valence-corrected chi connectivity index (χ3v) is 3.47. The van der Waals surface area contributed by atoms with Gasteiger partial charge in [-0.2, -0.15) is 4.89 Å². The van der Waals surface area contributed by atoms with Gasteiger partial charge >= 0.3 is 0 Å². The predicted octanol–water partition coefficient (Wildman–Crippen LogP) is 5.79. The van der Waals surface area contributed by atoms with E-state index in [0.717, 1.165) is 13.0 Å². The van der Waals surface area contributed by atoms with Gasteiger partial charge in [-0.25, -0.2) is 0 Å². The molecule has 0 amide bonds. The van der Waals surface area contributed by atoms with Gasteiger partial charge in [-0.05, 0) is 26.3 Å². The van der Waals surface area contributed by atoms with Crippen LogP contribution in [-0.4, -0.2) is 19.3 Å². The Kier molecular flexibility index (Phi) is 17.1. The van der Waals surface area contributed by atoms with E-state index in [1.165, 1.54) is 57.8 Å². The van der Waals surface area contributed by atoms with E-state index in [2.05, 4.69) is 6.92 Å². The van der Waals surface area contributed by atoms with Crippen molar-refractivity contribution >= 4 is 0 Å². The van der Waals surface area contributed by atoms with E-state index in [1.54, 1.807) is 6.26 Å². The topological polar surface area (TPSA) is 27.7 Å². The Morgan fingerprint density at radius 2 is 1.38 bits per heavy atom. The third kappa shape index (κ3) is 17.4. The van der Waals surface area contributed by atoms with Crippen LogP contribution in [0.3, 0.4) is 0 Å². The smallest absolute Gasteiger partial charge is 0.128 e. The first kappa shape index (κ1) is 20.5. The molecule has 1 unspecified atom stereocenters. The molecular formula is C18H36O3. The molecule has 3 nitrogen and oxygen atoms in total. The van der Waals surface area contributed by atoms with Crippen molar-refractivity contribution in [2.45, 2.75) is 91.1 Å². The molecule has 0 fully saturated rings. The minimum atomic E-state index is 0.0871. The molecule has 0 aliphatic heterocycles. The molecule has 0 aromatic carbocycles. The number of rotatable bonds is 16. The highest BCUT2D eigenvalue weighted by molar-refractivity contribution is 4.80. The lowest BCUT2D eigenvalue weighted by Crippen LogP contribution is -2.06. The lowest BCUT2D eigenvalue weighted by atomic mass is 10.1. The quantitative estimate of drug-likeness (QED) is 0.156. The number of unbranched alkanes of at least 4 members (excludes halogenated alkanes) is 9. The second kappa shape index (κ2) is 17.5. The molecule has 0 aromatic heterocycles. The van der Waals surface area contributed by atoms with Crippen LogP contribution in [0, 0.1) is 0 Å². The standard InChI is InChI=1S/C18H36O3/c1-4-6-7-8-9-10-11-12-13-14-16-19-18(3)15-17-21-20-5-2/h15,17-18H,4-14,16H2,1-3H3. The summed E-state index contributed by atoms with van der Waals surface area (Å²) in [4.78, 5) is 9.55. The van der Waals surface area contributed by atoms with Crippen molar-refractivity contribution in [1.29, 1.82) is 0 Å². The monoisotopic (exact) mass is 300 g/mol. The Bertz CT molecular complexity index is 217. The van der Waals surface area contributed by atoms with Crippen LogP contribution in [0.25, 0.3) is 0 Å². The predicted molar refractivity (Wildman–Crippen MR) is 89.1 cm³/mol. The molecule has 126 valence electrons. The Balaban J connectivity index is 3.15. The highest BCUT2D eigenvalue weighted by Crippen LogP contribution is 2.10. The Morgan fingerprint density at radius 3 is 1.95 bits per heavy atom. The largest absolute Gasteiger partial charge is 0.374 e. The maximum Gasteiger partial charge on any atom is 0.128 e. The summed E-state index contributed by atoms with van der Waals surface area (Å²) in [5.74, 6) is 0. The molecular weight excluding hydrogens is 264 g/mol. The molecule has 21 heavy (non-hydrogen) atoms. The molecule has 0 bridgehead atoms. The summed E-state index contributed by atoms with van der Waals surface area (Å²) in [6.07, 6.45) is 17.1. The van der Waals surface area contributed by atoms with Crippen LogP contribution < -0.4 is 0 Å². The van der Waals surface area contributed by atoms with Crippen molar-refractivity contribution in [3.05, 3.63) is 12.3 Å². The van der Waals surface area contributed by atoms with Gasteiger partial charge in [0, 0.05) is 6.61 Å². The zero-order valence-electron chi connectivity index (χ0n) is 14.4. The lowest BCUT2D eigenvalue weighted by Gasteiger charge is -2.08. The minimum Gasteiger partial charge on any atom is -0.374 e. The molecule has 0 saturated carbocycles. The van der Waals surface area contributed by atoms with Gasteiger partial charge in [0.25, 0.3) is 0 Å². The van der Waals surface area contributed by atoms with E-state index in [1.807, 2.05) is 19.9 Å². The molecule has 0 heterocycles. The van der Waals surface area contributed by atoms with Crippen molar-refractivity contribution < 1.29 is 14.5 Å².